The molecule has 1 N–H and O–H groups in total. The van der Waals surface area contributed by atoms with Gasteiger partial charge < -0.3 is 5.32 Å². The predicted octanol–water partition coefficient (Wildman–Crippen LogP) is 2.18. The molecule has 0 heterocycles. The lowest BCUT2D eigenvalue weighted by Gasteiger charge is -2.00. The van der Waals surface area contributed by atoms with Gasteiger partial charge in [-0.25, -0.2) is 0 Å². The highest BCUT2D eigenvalue weighted by Gasteiger charge is 1.88. The third-order valence-electron chi connectivity index (χ3n) is 1.11. The monoisotopic (exact) mass is 168 g/mol. The zero-order valence-corrected chi connectivity index (χ0v) is 7.18. The van der Waals surface area contributed by atoms with Crippen LogP contribution >= 0.6 is 0 Å². The van der Waals surface area contributed by atoms with Gasteiger partial charge in [-0.05, 0) is 19.6 Å². The second-order valence-electron chi connectivity index (χ2n) is 2.25. The van der Waals surface area contributed by atoms with Gasteiger partial charge >= 0.3 is 0 Å². The van der Waals surface area contributed by atoms with Gasteiger partial charge in [0.1, 0.15) is 0 Å². The third kappa shape index (κ3) is 6.74. The molecular weight excluding hydrogens is 155 g/mol. The smallest absolute Gasteiger partial charge is 0.180 e. The van der Waals surface area contributed by atoms with Crippen LogP contribution in [-0.2, 0) is 0 Å². The number of halogens is 1. The molecular formula is C9H13FN2. The van der Waals surface area contributed by atoms with Crippen molar-refractivity contribution in [1.29, 1.82) is 0 Å². The van der Waals surface area contributed by atoms with Crippen molar-refractivity contribution in [3.63, 3.8) is 0 Å². The fourth-order valence-electron chi connectivity index (χ4n) is 0.525. The summed E-state index contributed by atoms with van der Waals surface area (Å²) in [6.07, 6.45) is 4.81. The van der Waals surface area contributed by atoms with Gasteiger partial charge in [0.05, 0.1) is 0 Å². The summed E-state index contributed by atoms with van der Waals surface area (Å²) in [6.45, 7) is 8.79. The Morgan fingerprint density at radius 1 is 1.67 bits per heavy atom. The average Bonchev–Trinajstić information content (AvgIpc) is 2.01. The molecule has 3 heteroatoms. The van der Waals surface area contributed by atoms with E-state index in [1.165, 1.54) is 6.20 Å². The summed E-state index contributed by atoms with van der Waals surface area (Å²) in [7, 11) is 0. The second kappa shape index (κ2) is 6.34. The Kier molecular flexibility index (Phi) is 5.61. The van der Waals surface area contributed by atoms with Crippen molar-refractivity contribution in [3.8, 4) is 0 Å². The second-order valence-corrected chi connectivity index (χ2v) is 2.25. The molecule has 0 saturated carbocycles. The van der Waals surface area contributed by atoms with Crippen molar-refractivity contribution in [2.75, 3.05) is 6.54 Å². The molecule has 0 aliphatic carbocycles. The van der Waals surface area contributed by atoms with Crippen LogP contribution in [0.4, 0.5) is 4.39 Å². The minimum Gasteiger partial charge on any atom is -0.359 e. The molecule has 0 aromatic carbocycles. The maximum absolute atomic E-state index is 12.1. The molecule has 12 heavy (non-hydrogen) atoms. The maximum atomic E-state index is 12.1. The molecule has 0 radical (unpaired) electrons. The molecule has 0 atom stereocenters. The summed E-state index contributed by atoms with van der Waals surface area (Å²) in [5, 5.41) is 2.46. The van der Waals surface area contributed by atoms with E-state index in [1.807, 2.05) is 6.92 Å². The molecule has 0 aromatic heterocycles. The number of hydrogen-bond donors (Lipinski definition) is 1. The molecule has 0 aromatic rings. The molecule has 0 unspecified atom stereocenters. The summed E-state index contributed by atoms with van der Waals surface area (Å²) >= 11 is 0. The van der Waals surface area contributed by atoms with Crippen LogP contribution in [-0.4, -0.2) is 12.8 Å². The SMILES string of the molecule is C=C/N=C\C=C(/C)CNC(=C)F. The van der Waals surface area contributed by atoms with Crippen molar-refractivity contribution in [3.05, 3.63) is 37.0 Å². The van der Waals surface area contributed by atoms with Gasteiger partial charge in [0, 0.05) is 19.0 Å². The molecule has 0 rings (SSSR count). The first kappa shape index (κ1) is 10.6. The van der Waals surface area contributed by atoms with Gasteiger partial charge in [-0.15, -0.1) is 0 Å². The summed E-state index contributed by atoms with van der Waals surface area (Å²) < 4.78 is 12.1. The van der Waals surface area contributed by atoms with Crippen LogP contribution in [0.2, 0.25) is 0 Å². The van der Waals surface area contributed by atoms with E-state index in [4.69, 9.17) is 0 Å². The van der Waals surface area contributed by atoms with Crippen LogP contribution in [0, 0.1) is 0 Å². The van der Waals surface area contributed by atoms with Crippen LogP contribution < -0.4 is 5.32 Å². The van der Waals surface area contributed by atoms with E-state index in [-0.39, 0.29) is 0 Å². The maximum Gasteiger partial charge on any atom is 0.180 e. The van der Waals surface area contributed by atoms with E-state index < -0.39 is 5.95 Å². The Labute approximate surface area is 72.2 Å². The number of nitrogens with zero attached hydrogens (tertiary/aromatic N) is 1. The van der Waals surface area contributed by atoms with Gasteiger partial charge in [0.25, 0.3) is 0 Å². The highest BCUT2D eigenvalue weighted by molar-refractivity contribution is 5.72. The Hall–Kier alpha value is -1.38. The normalized spacial score (nSPS) is 11.7. The van der Waals surface area contributed by atoms with Crippen molar-refractivity contribution < 1.29 is 4.39 Å². The first-order valence-corrected chi connectivity index (χ1v) is 3.55. The zero-order chi connectivity index (χ0) is 9.40. The molecule has 0 bridgehead atoms. The summed E-state index contributed by atoms with van der Waals surface area (Å²) in [5.41, 5.74) is 0.972. The van der Waals surface area contributed by atoms with Crippen LogP contribution in [0.3, 0.4) is 0 Å². The lowest BCUT2D eigenvalue weighted by molar-refractivity contribution is 0.560. The highest BCUT2D eigenvalue weighted by atomic mass is 19.1. The minimum absolute atomic E-state index is 0.443. The van der Waals surface area contributed by atoms with Crippen molar-refractivity contribution in [1.82, 2.24) is 5.32 Å². The molecule has 0 saturated heterocycles. The standard InChI is InChI=1S/C9H13FN2/c1-4-11-6-5-8(2)7-12-9(3)10/h4-6,12H,1,3,7H2,2H3/b8-5+,11-6-. The predicted molar refractivity (Wildman–Crippen MR) is 50.7 cm³/mol. The summed E-state index contributed by atoms with van der Waals surface area (Å²) in [6, 6.07) is 0. The molecule has 66 valence electrons. The fraction of sp³-hybridized carbons (Fsp3) is 0.222. The number of allylic oxidation sites excluding steroid dienone is 1. The lowest BCUT2D eigenvalue weighted by Crippen LogP contribution is -2.11. The number of aliphatic imine (C=N–C) groups is 1. The molecule has 0 aliphatic rings. The van der Waals surface area contributed by atoms with E-state index in [0.717, 1.165) is 5.57 Å². The summed E-state index contributed by atoms with van der Waals surface area (Å²) in [4.78, 5) is 3.76. The van der Waals surface area contributed by atoms with E-state index in [9.17, 15) is 4.39 Å². The zero-order valence-electron chi connectivity index (χ0n) is 7.18. The van der Waals surface area contributed by atoms with Crippen LogP contribution in [0.25, 0.3) is 0 Å². The minimum atomic E-state index is -0.525. The third-order valence-corrected chi connectivity index (χ3v) is 1.11. The largest absolute Gasteiger partial charge is 0.359 e. The Balaban J connectivity index is 3.77. The van der Waals surface area contributed by atoms with Gasteiger partial charge in [0.2, 0.25) is 0 Å². The van der Waals surface area contributed by atoms with Gasteiger partial charge in [-0.2, -0.15) is 4.39 Å². The quantitative estimate of drug-likeness (QED) is 0.494. The van der Waals surface area contributed by atoms with E-state index in [2.05, 4.69) is 23.5 Å². The highest BCUT2D eigenvalue weighted by Crippen LogP contribution is 1.91. The van der Waals surface area contributed by atoms with Crippen LogP contribution in [0.15, 0.2) is 42.0 Å². The Morgan fingerprint density at radius 2 is 2.33 bits per heavy atom. The fourth-order valence-corrected chi connectivity index (χ4v) is 0.525. The van der Waals surface area contributed by atoms with E-state index in [0.29, 0.717) is 6.54 Å². The lowest BCUT2D eigenvalue weighted by atomic mass is 10.3. The van der Waals surface area contributed by atoms with Crippen LogP contribution in [0.1, 0.15) is 6.92 Å². The van der Waals surface area contributed by atoms with E-state index in [1.54, 1.807) is 12.3 Å². The van der Waals surface area contributed by atoms with Gasteiger partial charge in [-0.3, -0.25) is 4.99 Å². The van der Waals surface area contributed by atoms with Crippen molar-refractivity contribution >= 4 is 6.21 Å². The number of hydrogen-bond acceptors (Lipinski definition) is 2. The molecule has 2 nitrogen and oxygen atoms in total. The molecule has 0 fully saturated rings. The Morgan fingerprint density at radius 3 is 2.83 bits per heavy atom. The molecule has 0 spiro atoms. The van der Waals surface area contributed by atoms with Crippen molar-refractivity contribution in [2.45, 2.75) is 6.92 Å². The van der Waals surface area contributed by atoms with Gasteiger partial charge in [0.15, 0.2) is 5.95 Å². The first-order valence-electron chi connectivity index (χ1n) is 3.55. The van der Waals surface area contributed by atoms with Crippen molar-refractivity contribution in [2.24, 2.45) is 4.99 Å². The molecule has 0 aliphatic heterocycles. The molecule has 0 amide bonds. The number of nitrogens with one attached hydrogen (secondary N) is 1. The summed E-state index contributed by atoms with van der Waals surface area (Å²) in [5.74, 6) is -0.525. The number of rotatable bonds is 5. The topological polar surface area (TPSA) is 24.4 Å². The Bertz CT molecular complexity index is 217. The van der Waals surface area contributed by atoms with E-state index >= 15 is 0 Å². The van der Waals surface area contributed by atoms with Gasteiger partial charge in [-0.1, -0.05) is 12.2 Å². The first-order chi connectivity index (χ1) is 5.66. The average molecular weight is 168 g/mol. The van der Waals surface area contributed by atoms with Crippen LogP contribution in [0.5, 0.6) is 0 Å².